The minimum Gasteiger partial charge on any atom is -0.455 e. The quantitative estimate of drug-likeness (QED) is 0.590. The Hall–Kier alpha value is -0.620. The lowest BCUT2D eigenvalue weighted by molar-refractivity contribution is -0.156. The maximum Gasteiger partial charge on any atom is 0.357 e. The Kier molecular flexibility index (Phi) is 3.69. The van der Waals surface area contributed by atoms with Gasteiger partial charge in [0.25, 0.3) is 0 Å². The number of carbonyl (C=O) groups excluding carboxylic acids is 2. The highest BCUT2D eigenvalue weighted by Gasteiger charge is 2.49. The van der Waals surface area contributed by atoms with Crippen LogP contribution in [-0.4, -0.2) is 33.5 Å². The fraction of sp³-hybridized carbons (Fsp3) is 0.667. The number of ether oxygens (including phenoxy) is 1. The Morgan fingerprint density at radius 3 is 2.72 bits per heavy atom. The predicted octanol–water partition coefficient (Wildman–Crippen LogP) is 2.56. The van der Waals surface area contributed by atoms with Crippen LogP contribution in [0.1, 0.15) is 34.1 Å². The van der Waals surface area contributed by atoms with Gasteiger partial charge in [0.1, 0.15) is 5.60 Å². The van der Waals surface area contributed by atoms with Crippen LogP contribution in [0.15, 0.2) is 9.93 Å². The zero-order valence-electron chi connectivity index (χ0n) is 11.0. The molecule has 0 radical (unpaired) electrons. The number of hydrogen-bond acceptors (Lipinski definition) is 5. The number of amides is 1. The molecule has 2 aliphatic rings. The van der Waals surface area contributed by atoms with Crippen molar-refractivity contribution in [2.24, 2.45) is 0 Å². The van der Waals surface area contributed by atoms with Gasteiger partial charge in [-0.15, -0.1) is 11.8 Å². The fourth-order valence-electron chi connectivity index (χ4n) is 1.77. The van der Waals surface area contributed by atoms with Crippen molar-refractivity contribution < 1.29 is 14.3 Å². The minimum absolute atomic E-state index is 0.0139. The summed E-state index contributed by atoms with van der Waals surface area (Å²) in [4.78, 5) is 25.4. The second kappa shape index (κ2) is 4.81. The van der Waals surface area contributed by atoms with Gasteiger partial charge in [-0.1, -0.05) is 18.7 Å². The number of β-lactam (4-membered cyclic amide) rings is 1. The highest BCUT2D eigenvalue weighted by Crippen LogP contribution is 2.50. The van der Waals surface area contributed by atoms with Gasteiger partial charge < -0.3 is 4.74 Å². The molecule has 4 nitrogen and oxygen atoms in total. The van der Waals surface area contributed by atoms with Gasteiger partial charge in [0.15, 0.2) is 5.70 Å². The molecule has 0 aromatic rings. The van der Waals surface area contributed by atoms with E-state index < -0.39 is 5.60 Å². The monoisotopic (exact) mass is 287 g/mol. The van der Waals surface area contributed by atoms with Crippen molar-refractivity contribution in [2.75, 3.05) is 5.75 Å². The average Bonchev–Trinajstić information content (AvgIpc) is 2.49. The summed E-state index contributed by atoms with van der Waals surface area (Å²) in [5.74, 6) is 0.505. The van der Waals surface area contributed by atoms with E-state index in [4.69, 9.17) is 4.74 Å². The van der Waals surface area contributed by atoms with Crippen LogP contribution in [-0.2, 0) is 14.3 Å². The van der Waals surface area contributed by atoms with E-state index >= 15 is 0 Å². The van der Waals surface area contributed by atoms with Crippen LogP contribution in [0.4, 0.5) is 0 Å². The molecular weight excluding hydrogens is 270 g/mol. The van der Waals surface area contributed by atoms with E-state index in [1.807, 2.05) is 27.7 Å². The minimum atomic E-state index is -0.539. The van der Waals surface area contributed by atoms with Crippen molar-refractivity contribution >= 4 is 35.4 Å². The predicted molar refractivity (Wildman–Crippen MR) is 73.8 cm³/mol. The van der Waals surface area contributed by atoms with Gasteiger partial charge in [0.2, 0.25) is 5.91 Å². The second-order valence-corrected chi connectivity index (χ2v) is 7.83. The van der Waals surface area contributed by atoms with Crippen LogP contribution in [0, 0.1) is 0 Å². The molecule has 1 saturated heterocycles. The van der Waals surface area contributed by atoms with E-state index in [2.05, 4.69) is 0 Å². The van der Waals surface area contributed by atoms with Gasteiger partial charge in [-0.05, 0) is 26.5 Å². The number of carbonyl (C=O) groups is 2. The molecule has 0 spiro atoms. The first-order chi connectivity index (χ1) is 8.33. The van der Waals surface area contributed by atoms with Gasteiger partial charge in [-0.25, -0.2) is 4.79 Å². The number of thioether (sulfide) groups is 2. The summed E-state index contributed by atoms with van der Waals surface area (Å²) < 4.78 is 6.30. The topological polar surface area (TPSA) is 46.6 Å². The summed E-state index contributed by atoms with van der Waals surface area (Å²) in [5, 5.41) is 0.106. The van der Waals surface area contributed by atoms with Crippen molar-refractivity contribution in [2.45, 2.75) is 45.1 Å². The summed E-state index contributed by atoms with van der Waals surface area (Å²) in [6.45, 7) is 7.52. The molecule has 6 heteroatoms. The molecule has 0 aromatic heterocycles. The maximum atomic E-state index is 12.2. The van der Waals surface area contributed by atoms with Crippen LogP contribution in [0.2, 0.25) is 0 Å². The van der Waals surface area contributed by atoms with E-state index in [-0.39, 0.29) is 17.3 Å². The summed E-state index contributed by atoms with van der Waals surface area (Å²) in [6, 6.07) is 0. The molecule has 0 aromatic carbocycles. The molecule has 2 rings (SSSR count). The molecule has 1 amide bonds. The van der Waals surface area contributed by atoms with E-state index in [1.54, 1.807) is 28.4 Å². The van der Waals surface area contributed by atoms with E-state index in [0.717, 1.165) is 9.99 Å². The molecule has 0 aliphatic carbocycles. The Morgan fingerprint density at radius 2 is 2.22 bits per heavy atom. The molecule has 1 fully saturated rings. The van der Waals surface area contributed by atoms with E-state index in [9.17, 15) is 9.59 Å². The van der Waals surface area contributed by atoms with Crippen molar-refractivity contribution in [1.29, 1.82) is 0 Å². The lowest BCUT2D eigenvalue weighted by atomic mass is 10.1. The van der Waals surface area contributed by atoms with Gasteiger partial charge >= 0.3 is 5.97 Å². The Labute approximate surface area is 115 Å². The van der Waals surface area contributed by atoms with Crippen LogP contribution >= 0.6 is 23.5 Å². The van der Waals surface area contributed by atoms with Crippen LogP contribution in [0.3, 0.4) is 0 Å². The van der Waals surface area contributed by atoms with Gasteiger partial charge in [-0.2, -0.15) is 0 Å². The standard InChI is InChI=1S/C12H17NO3S2/c1-5-17-11-9(10(15)16-12(2,3)4)13-7(14)6-8(13)18-11/h8H,5-6H2,1-4H3/t8-/m1/s1. The smallest absolute Gasteiger partial charge is 0.357 e. The summed E-state index contributed by atoms with van der Waals surface area (Å²) >= 11 is 3.20. The highest BCUT2D eigenvalue weighted by molar-refractivity contribution is 8.22. The van der Waals surface area contributed by atoms with Crippen molar-refractivity contribution in [3.8, 4) is 0 Å². The van der Waals surface area contributed by atoms with Crippen molar-refractivity contribution in [1.82, 2.24) is 4.90 Å². The first kappa shape index (κ1) is 13.8. The second-order valence-electron chi connectivity index (χ2n) is 5.11. The van der Waals surface area contributed by atoms with Gasteiger partial charge in [-0.3, -0.25) is 9.69 Å². The number of hydrogen-bond donors (Lipinski definition) is 0. The number of nitrogens with zero attached hydrogens (tertiary/aromatic N) is 1. The number of esters is 1. The highest BCUT2D eigenvalue weighted by atomic mass is 32.2. The normalized spacial score (nSPS) is 23.0. The van der Waals surface area contributed by atoms with E-state index in [1.165, 1.54) is 0 Å². The molecule has 1 atom stereocenters. The molecule has 2 heterocycles. The summed E-state index contributed by atoms with van der Waals surface area (Å²) in [5.41, 5.74) is -0.0917. The van der Waals surface area contributed by atoms with E-state index in [0.29, 0.717) is 12.1 Å². The summed E-state index contributed by atoms with van der Waals surface area (Å²) in [7, 11) is 0. The molecule has 0 bridgehead atoms. The Morgan fingerprint density at radius 1 is 1.56 bits per heavy atom. The van der Waals surface area contributed by atoms with Crippen molar-refractivity contribution in [3.63, 3.8) is 0 Å². The molecule has 18 heavy (non-hydrogen) atoms. The Bertz CT molecular complexity index is 426. The third-order valence-electron chi connectivity index (χ3n) is 2.45. The number of rotatable bonds is 3. The molecule has 0 unspecified atom stereocenters. The summed E-state index contributed by atoms with van der Waals surface area (Å²) in [6.07, 6.45) is 0.519. The van der Waals surface area contributed by atoms with Crippen LogP contribution in [0.5, 0.6) is 0 Å². The third-order valence-corrected chi connectivity index (χ3v) is 4.89. The zero-order chi connectivity index (χ0) is 13.5. The SMILES string of the molecule is CCSC1=C(C(=O)OC(C)(C)C)N2C(=O)C[C@H]2S1. The van der Waals surface area contributed by atoms with Crippen LogP contribution < -0.4 is 0 Å². The third kappa shape index (κ3) is 2.54. The first-order valence-electron chi connectivity index (χ1n) is 5.92. The molecule has 0 N–H and O–H groups in total. The van der Waals surface area contributed by atoms with Gasteiger partial charge in [0, 0.05) is 0 Å². The zero-order valence-corrected chi connectivity index (χ0v) is 12.6. The van der Waals surface area contributed by atoms with Crippen LogP contribution in [0.25, 0.3) is 0 Å². The average molecular weight is 287 g/mol. The maximum absolute atomic E-state index is 12.2. The molecule has 2 aliphatic heterocycles. The first-order valence-corrected chi connectivity index (χ1v) is 7.79. The lowest BCUT2D eigenvalue weighted by Crippen LogP contribution is -2.49. The molecular formula is C12H17NO3S2. The van der Waals surface area contributed by atoms with Crippen molar-refractivity contribution in [3.05, 3.63) is 9.93 Å². The van der Waals surface area contributed by atoms with Gasteiger partial charge in [0.05, 0.1) is 16.0 Å². The molecule has 100 valence electrons. The molecule has 0 saturated carbocycles. The largest absolute Gasteiger partial charge is 0.455 e. The lowest BCUT2D eigenvalue weighted by Gasteiger charge is -2.35. The fourth-order valence-corrected chi connectivity index (χ4v) is 4.40. The Balaban J connectivity index is 2.22. The number of fused-ring (bicyclic) bond motifs is 1.